The van der Waals surface area contributed by atoms with Gasteiger partial charge in [0.1, 0.15) is 5.52 Å². The maximum absolute atomic E-state index is 13.2. The predicted octanol–water partition coefficient (Wildman–Crippen LogP) is 3.04. The third kappa shape index (κ3) is 4.35. The van der Waals surface area contributed by atoms with E-state index in [2.05, 4.69) is 25.3 Å². The van der Waals surface area contributed by atoms with Crippen molar-refractivity contribution in [2.75, 3.05) is 17.1 Å². The van der Waals surface area contributed by atoms with Crippen LogP contribution in [0.5, 0.6) is 5.88 Å². The maximum atomic E-state index is 13.2. The van der Waals surface area contributed by atoms with Crippen LogP contribution in [-0.4, -0.2) is 41.4 Å². The number of hydrogen-bond donors (Lipinski definition) is 2. The molecule has 0 saturated heterocycles. The van der Waals surface area contributed by atoms with Crippen molar-refractivity contribution in [3.63, 3.8) is 0 Å². The lowest BCUT2D eigenvalue weighted by atomic mass is 10.1. The molecule has 0 spiro atoms. The van der Waals surface area contributed by atoms with Crippen LogP contribution in [0.15, 0.2) is 53.6 Å². The standard InChI is InChI=1S/C22H22N6O4S/c1-13-6-5-7-14(2)20(13)26-33(30,31)19-11-16(12-23-22(19)32-4)24-21(29)15-8-9-18-17(10-15)25-27-28(18)3/h5-12,26H,1-4H3,(H,24,29). The van der Waals surface area contributed by atoms with Gasteiger partial charge in [0.15, 0.2) is 4.90 Å². The minimum absolute atomic E-state index is 0.0901. The number of para-hydroxylation sites is 1. The highest BCUT2D eigenvalue weighted by atomic mass is 32.2. The van der Waals surface area contributed by atoms with Gasteiger partial charge in [-0.05, 0) is 49.2 Å². The Hall–Kier alpha value is -3.99. The van der Waals surface area contributed by atoms with E-state index in [-0.39, 0.29) is 16.5 Å². The van der Waals surface area contributed by atoms with Crippen LogP contribution in [0.2, 0.25) is 0 Å². The number of amides is 1. The molecule has 0 aliphatic rings. The van der Waals surface area contributed by atoms with Crippen molar-refractivity contribution < 1.29 is 17.9 Å². The van der Waals surface area contributed by atoms with E-state index in [0.29, 0.717) is 16.8 Å². The molecule has 0 aliphatic carbocycles. The third-order valence-corrected chi connectivity index (χ3v) is 6.49. The Kier molecular flexibility index (Phi) is 5.73. The molecule has 11 heteroatoms. The lowest BCUT2D eigenvalue weighted by Crippen LogP contribution is -2.18. The monoisotopic (exact) mass is 466 g/mol. The van der Waals surface area contributed by atoms with Gasteiger partial charge in [0, 0.05) is 12.6 Å². The van der Waals surface area contributed by atoms with Gasteiger partial charge >= 0.3 is 0 Å². The zero-order valence-electron chi connectivity index (χ0n) is 18.4. The van der Waals surface area contributed by atoms with E-state index in [1.54, 1.807) is 29.9 Å². The van der Waals surface area contributed by atoms with Crippen LogP contribution < -0.4 is 14.8 Å². The van der Waals surface area contributed by atoms with Gasteiger partial charge in [0.25, 0.3) is 15.9 Å². The first-order chi connectivity index (χ1) is 15.7. The summed E-state index contributed by atoms with van der Waals surface area (Å²) in [5.41, 5.74) is 3.91. The average molecular weight is 467 g/mol. The Morgan fingerprint density at radius 3 is 2.52 bits per heavy atom. The second kappa shape index (κ2) is 8.51. The second-order valence-electron chi connectivity index (χ2n) is 7.47. The molecule has 0 fully saturated rings. The first kappa shape index (κ1) is 22.2. The van der Waals surface area contributed by atoms with Crippen LogP contribution in [0.25, 0.3) is 11.0 Å². The molecular formula is C22H22N6O4S. The van der Waals surface area contributed by atoms with Crippen LogP contribution in [-0.2, 0) is 17.1 Å². The van der Waals surface area contributed by atoms with Gasteiger partial charge in [0.2, 0.25) is 5.88 Å². The Labute approximate surface area is 190 Å². The number of nitrogens with zero attached hydrogens (tertiary/aromatic N) is 4. The first-order valence-corrected chi connectivity index (χ1v) is 11.4. The van der Waals surface area contributed by atoms with E-state index >= 15 is 0 Å². The van der Waals surface area contributed by atoms with Crippen molar-refractivity contribution in [1.82, 2.24) is 20.0 Å². The summed E-state index contributed by atoms with van der Waals surface area (Å²) >= 11 is 0. The van der Waals surface area contributed by atoms with Crippen molar-refractivity contribution >= 4 is 38.3 Å². The van der Waals surface area contributed by atoms with E-state index in [1.165, 1.54) is 19.4 Å². The number of carbonyl (C=O) groups excluding carboxylic acids is 1. The topological polar surface area (TPSA) is 128 Å². The highest BCUT2D eigenvalue weighted by Gasteiger charge is 2.23. The number of anilines is 2. The second-order valence-corrected chi connectivity index (χ2v) is 9.13. The molecule has 4 rings (SSSR count). The molecule has 0 aliphatic heterocycles. The number of ether oxygens (including phenoxy) is 1. The fourth-order valence-corrected chi connectivity index (χ4v) is 4.74. The highest BCUT2D eigenvalue weighted by molar-refractivity contribution is 7.92. The fraction of sp³-hybridized carbons (Fsp3) is 0.182. The lowest BCUT2D eigenvalue weighted by Gasteiger charge is -2.15. The minimum atomic E-state index is -4.06. The Morgan fingerprint density at radius 1 is 1.09 bits per heavy atom. The van der Waals surface area contributed by atoms with Gasteiger partial charge < -0.3 is 10.1 Å². The van der Waals surface area contributed by atoms with Crippen LogP contribution in [0, 0.1) is 13.8 Å². The summed E-state index contributed by atoms with van der Waals surface area (Å²) in [6.45, 7) is 3.62. The van der Waals surface area contributed by atoms with E-state index in [0.717, 1.165) is 16.6 Å². The van der Waals surface area contributed by atoms with E-state index in [4.69, 9.17) is 4.74 Å². The highest BCUT2D eigenvalue weighted by Crippen LogP contribution is 2.29. The SMILES string of the molecule is COc1ncc(NC(=O)c2ccc3c(c2)nnn3C)cc1S(=O)(=O)Nc1c(C)cccc1C. The molecule has 0 atom stereocenters. The number of methoxy groups -OCH3 is 1. The predicted molar refractivity (Wildman–Crippen MR) is 124 cm³/mol. The van der Waals surface area contributed by atoms with E-state index < -0.39 is 15.9 Å². The van der Waals surface area contributed by atoms with Crippen molar-refractivity contribution in [3.8, 4) is 5.88 Å². The van der Waals surface area contributed by atoms with Crippen LogP contribution >= 0.6 is 0 Å². The van der Waals surface area contributed by atoms with Gasteiger partial charge in [-0.1, -0.05) is 23.4 Å². The molecule has 2 aromatic carbocycles. The molecular weight excluding hydrogens is 444 g/mol. The number of aryl methyl sites for hydroxylation is 3. The molecule has 2 N–H and O–H groups in total. The van der Waals surface area contributed by atoms with Gasteiger partial charge in [-0.2, -0.15) is 0 Å². The van der Waals surface area contributed by atoms with Gasteiger partial charge in [-0.15, -0.1) is 5.10 Å². The number of sulfonamides is 1. The number of aromatic nitrogens is 4. The summed E-state index contributed by atoms with van der Waals surface area (Å²) in [7, 11) is -0.975. The number of carbonyl (C=O) groups is 1. The third-order valence-electron chi connectivity index (χ3n) is 5.15. The molecule has 170 valence electrons. The minimum Gasteiger partial charge on any atom is -0.480 e. The summed E-state index contributed by atoms with van der Waals surface area (Å²) in [5.74, 6) is -0.534. The lowest BCUT2D eigenvalue weighted by molar-refractivity contribution is 0.102. The molecule has 10 nitrogen and oxygen atoms in total. The molecule has 0 radical (unpaired) electrons. The van der Waals surface area contributed by atoms with E-state index in [1.807, 2.05) is 32.0 Å². The van der Waals surface area contributed by atoms with Crippen LogP contribution in [0.1, 0.15) is 21.5 Å². The Bertz CT molecular complexity index is 1460. The maximum Gasteiger partial charge on any atom is 0.267 e. The molecule has 0 saturated carbocycles. The van der Waals surface area contributed by atoms with Crippen molar-refractivity contribution in [2.45, 2.75) is 18.7 Å². The summed E-state index contributed by atoms with van der Waals surface area (Å²) < 4.78 is 35.7. The fourth-order valence-electron chi connectivity index (χ4n) is 3.40. The number of hydrogen-bond acceptors (Lipinski definition) is 7. The van der Waals surface area contributed by atoms with Gasteiger partial charge in [-0.3, -0.25) is 9.52 Å². The molecule has 0 bridgehead atoms. The number of fused-ring (bicyclic) bond motifs is 1. The average Bonchev–Trinajstić information content (AvgIpc) is 3.16. The largest absolute Gasteiger partial charge is 0.480 e. The molecule has 33 heavy (non-hydrogen) atoms. The molecule has 4 aromatic rings. The van der Waals surface area contributed by atoms with Crippen molar-refractivity contribution in [2.24, 2.45) is 7.05 Å². The summed E-state index contributed by atoms with van der Waals surface area (Å²) in [4.78, 5) is 16.6. The Morgan fingerprint density at radius 2 is 1.82 bits per heavy atom. The van der Waals surface area contributed by atoms with Crippen LogP contribution in [0.3, 0.4) is 0 Å². The molecule has 1 amide bonds. The number of benzene rings is 2. The molecule has 0 unspecified atom stereocenters. The molecule has 2 heterocycles. The zero-order chi connectivity index (χ0) is 23.8. The van der Waals surface area contributed by atoms with Crippen molar-refractivity contribution in [3.05, 3.63) is 65.4 Å². The Balaban J connectivity index is 1.65. The normalized spacial score (nSPS) is 11.4. The zero-order valence-corrected chi connectivity index (χ0v) is 19.3. The quantitative estimate of drug-likeness (QED) is 0.447. The number of nitrogens with one attached hydrogen (secondary N) is 2. The van der Waals surface area contributed by atoms with Gasteiger partial charge in [-0.25, -0.2) is 18.1 Å². The summed E-state index contributed by atoms with van der Waals surface area (Å²) in [6.07, 6.45) is 1.33. The smallest absolute Gasteiger partial charge is 0.267 e. The van der Waals surface area contributed by atoms with Gasteiger partial charge in [0.05, 0.1) is 30.2 Å². The molecule has 2 aromatic heterocycles. The number of rotatable bonds is 6. The van der Waals surface area contributed by atoms with Crippen LogP contribution in [0.4, 0.5) is 11.4 Å². The summed E-state index contributed by atoms with van der Waals surface area (Å²) in [6, 6.07) is 11.8. The number of pyridine rings is 1. The summed E-state index contributed by atoms with van der Waals surface area (Å²) in [5, 5.41) is 10.6. The first-order valence-electron chi connectivity index (χ1n) is 9.93. The van der Waals surface area contributed by atoms with Crippen molar-refractivity contribution in [1.29, 1.82) is 0 Å². The van der Waals surface area contributed by atoms with E-state index in [9.17, 15) is 13.2 Å².